The Morgan fingerprint density at radius 1 is 1.22 bits per heavy atom. The molecule has 0 radical (unpaired) electrons. The van der Waals surface area contributed by atoms with Crippen molar-refractivity contribution in [3.63, 3.8) is 0 Å². The summed E-state index contributed by atoms with van der Waals surface area (Å²) in [5.74, 6) is 0.568. The standard InChI is InChI=1S/C24H28FN5O2/c25-16-5-3-14(4-6-16)22(13-1-2-13)30-18-9-21(24(30)32)28(11-18)12-19(27)23(31)29-17(10-26)7-15-8-20(15)29/h3-6,13,15,17-22H,1-2,7-9,11-12,27H2/t15?,17-,18+,19-,20-,21+,22-/m0/s1. The highest BCUT2D eigenvalue weighted by Gasteiger charge is 2.57. The zero-order chi connectivity index (χ0) is 22.1. The second-order valence-corrected chi connectivity index (χ2v) is 10.2. The molecule has 5 fully saturated rings. The fourth-order valence-electron chi connectivity index (χ4n) is 6.40. The second kappa shape index (κ2) is 7.26. The Hall–Kier alpha value is -2.50. The van der Waals surface area contributed by atoms with Crippen LogP contribution in [-0.4, -0.2) is 69.8 Å². The fraction of sp³-hybridized carbons (Fsp3) is 0.625. The fourth-order valence-corrected chi connectivity index (χ4v) is 6.40. The van der Waals surface area contributed by atoms with Crippen LogP contribution in [0.25, 0.3) is 0 Å². The first-order chi connectivity index (χ1) is 15.5. The maximum Gasteiger partial charge on any atom is 0.242 e. The number of rotatable bonds is 6. The summed E-state index contributed by atoms with van der Waals surface area (Å²) in [7, 11) is 0. The first-order valence-corrected chi connectivity index (χ1v) is 11.8. The number of hydrogen-bond acceptors (Lipinski definition) is 5. The molecule has 8 heteroatoms. The summed E-state index contributed by atoms with van der Waals surface area (Å²) < 4.78 is 13.4. The van der Waals surface area contributed by atoms with Crippen LogP contribution in [0, 0.1) is 29.0 Å². The Bertz CT molecular complexity index is 989. The highest BCUT2D eigenvalue weighted by atomic mass is 19.1. The predicted octanol–water partition coefficient (Wildman–Crippen LogP) is 1.40. The minimum atomic E-state index is -0.720. The van der Waals surface area contributed by atoms with E-state index in [1.165, 1.54) is 12.1 Å². The molecule has 2 bridgehead atoms. The van der Waals surface area contributed by atoms with Gasteiger partial charge in [0.05, 0.1) is 24.2 Å². The van der Waals surface area contributed by atoms with Crippen molar-refractivity contribution in [3.8, 4) is 6.07 Å². The number of hydrogen-bond donors (Lipinski definition) is 1. The molecule has 5 aliphatic rings. The van der Waals surface area contributed by atoms with E-state index in [0.717, 1.165) is 37.7 Å². The lowest BCUT2D eigenvalue weighted by Gasteiger charge is -2.40. The van der Waals surface area contributed by atoms with Crippen LogP contribution in [0.2, 0.25) is 0 Å². The summed E-state index contributed by atoms with van der Waals surface area (Å²) in [6, 6.07) is 7.73. The minimum Gasteiger partial charge on any atom is -0.330 e. The Kier molecular flexibility index (Phi) is 4.57. The first-order valence-electron chi connectivity index (χ1n) is 11.8. The summed E-state index contributed by atoms with van der Waals surface area (Å²) >= 11 is 0. The van der Waals surface area contributed by atoms with Gasteiger partial charge >= 0.3 is 0 Å². The minimum absolute atomic E-state index is 0.00309. The number of carbonyl (C=O) groups is 2. The maximum atomic E-state index is 13.4. The van der Waals surface area contributed by atoms with Gasteiger partial charge in [0, 0.05) is 25.2 Å². The second-order valence-electron chi connectivity index (χ2n) is 10.2. The van der Waals surface area contributed by atoms with E-state index in [2.05, 4.69) is 11.0 Å². The third-order valence-electron chi connectivity index (χ3n) is 8.15. The van der Waals surface area contributed by atoms with Gasteiger partial charge in [-0.15, -0.1) is 0 Å². The number of amides is 2. The van der Waals surface area contributed by atoms with Gasteiger partial charge in [0.2, 0.25) is 11.8 Å². The van der Waals surface area contributed by atoms with Gasteiger partial charge in [-0.3, -0.25) is 14.5 Å². The molecule has 7 nitrogen and oxygen atoms in total. The van der Waals surface area contributed by atoms with Gasteiger partial charge in [0.25, 0.3) is 0 Å². The first kappa shape index (κ1) is 20.1. The molecule has 2 saturated carbocycles. The van der Waals surface area contributed by atoms with Gasteiger partial charge < -0.3 is 15.5 Å². The number of benzene rings is 1. The SMILES string of the molecule is N#C[C@@H]1CC2C[C@@H]2N1C(=O)[C@@H](N)CN1C[C@H]2C[C@@H]1C(=O)N2[C@H](c1ccc(F)cc1)C1CC1. The number of likely N-dealkylation sites (tertiary alicyclic amines) is 3. The van der Waals surface area contributed by atoms with Crippen molar-refractivity contribution in [2.24, 2.45) is 17.6 Å². The Labute approximate surface area is 186 Å². The van der Waals surface area contributed by atoms with E-state index in [0.29, 0.717) is 24.9 Å². The molecule has 168 valence electrons. The van der Waals surface area contributed by atoms with E-state index in [1.807, 2.05) is 4.90 Å². The zero-order valence-corrected chi connectivity index (χ0v) is 17.9. The van der Waals surface area contributed by atoms with E-state index in [1.54, 1.807) is 17.0 Å². The topological polar surface area (TPSA) is 93.7 Å². The third-order valence-corrected chi connectivity index (χ3v) is 8.15. The van der Waals surface area contributed by atoms with E-state index in [-0.39, 0.29) is 47.8 Å². The summed E-state index contributed by atoms with van der Waals surface area (Å²) in [6.45, 7) is 1.05. The number of nitrogens with two attached hydrogens (primary N) is 1. The number of piperidine rings is 1. The Morgan fingerprint density at radius 2 is 1.97 bits per heavy atom. The van der Waals surface area contributed by atoms with Crippen molar-refractivity contribution in [1.82, 2.24) is 14.7 Å². The van der Waals surface area contributed by atoms with Crippen LogP contribution in [0.1, 0.15) is 43.7 Å². The molecule has 0 aromatic heterocycles. The van der Waals surface area contributed by atoms with Crippen molar-refractivity contribution in [3.05, 3.63) is 35.6 Å². The number of nitrogens with zero attached hydrogens (tertiary/aromatic N) is 4. The molecule has 1 aromatic carbocycles. The molecular formula is C24H28FN5O2. The van der Waals surface area contributed by atoms with Crippen molar-refractivity contribution in [2.45, 2.75) is 68.4 Å². The molecule has 32 heavy (non-hydrogen) atoms. The molecule has 3 heterocycles. The van der Waals surface area contributed by atoms with E-state index >= 15 is 0 Å². The van der Waals surface area contributed by atoms with Crippen molar-refractivity contribution < 1.29 is 14.0 Å². The Balaban J connectivity index is 1.14. The molecular weight excluding hydrogens is 409 g/mol. The van der Waals surface area contributed by atoms with Crippen LogP contribution in [0.4, 0.5) is 4.39 Å². The average Bonchev–Trinajstić information content (AvgIpc) is 3.67. The zero-order valence-electron chi connectivity index (χ0n) is 17.9. The average molecular weight is 438 g/mol. The van der Waals surface area contributed by atoms with Gasteiger partial charge in [-0.1, -0.05) is 12.1 Å². The summed E-state index contributed by atoms with van der Waals surface area (Å²) in [4.78, 5) is 32.2. The molecule has 2 amide bonds. The van der Waals surface area contributed by atoms with Crippen molar-refractivity contribution in [2.75, 3.05) is 13.1 Å². The van der Waals surface area contributed by atoms with Crippen LogP contribution >= 0.6 is 0 Å². The molecule has 6 rings (SSSR count). The van der Waals surface area contributed by atoms with Crippen LogP contribution < -0.4 is 5.73 Å². The monoisotopic (exact) mass is 437 g/mol. The Morgan fingerprint density at radius 3 is 2.62 bits per heavy atom. The smallest absolute Gasteiger partial charge is 0.242 e. The summed E-state index contributed by atoms with van der Waals surface area (Å²) in [5.41, 5.74) is 7.31. The molecule has 2 aliphatic carbocycles. The number of fused-ring (bicyclic) bond motifs is 3. The van der Waals surface area contributed by atoms with Crippen LogP contribution in [0.15, 0.2) is 24.3 Å². The molecule has 7 atom stereocenters. The van der Waals surface area contributed by atoms with E-state index < -0.39 is 6.04 Å². The molecule has 1 aromatic rings. The normalized spacial score (nSPS) is 35.0. The van der Waals surface area contributed by atoms with Crippen molar-refractivity contribution >= 4 is 11.8 Å². The van der Waals surface area contributed by atoms with Gasteiger partial charge in [-0.2, -0.15) is 5.26 Å². The van der Waals surface area contributed by atoms with Crippen molar-refractivity contribution in [1.29, 1.82) is 5.26 Å². The molecule has 2 N–H and O–H groups in total. The lowest BCUT2D eigenvalue weighted by molar-refractivity contribution is -0.142. The summed E-state index contributed by atoms with van der Waals surface area (Å²) in [5, 5.41) is 9.38. The van der Waals surface area contributed by atoms with Gasteiger partial charge in [-0.25, -0.2) is 4.39 Å². The molecule has 1 unspecified atom stereocenters. The quantitative estimate of drug-likeness (QED) is 0.726. The highest BCUT2D eigenvalue weighted by Crippen LogP contribution is 2.50. The largest absolute Gasteiger partial charge is 0.330 e. The predicted molar refractivity (Wildman–Crippen MR) is 113 cm³/mol. The van der Waals surface area contributed by atoms with Gasteiger partial charge in [0.15, 0.2) is 0 Å². The number of carbonyl (C=O) groups excluding carboxylic acids is 2. The van der Waals surface area contributed by atoms with E-state index in [9.17, 15) is 19.2 Å². The lowest BCUT2D eigenvalue weighted by atomic mass is 9.99. The van der Waals surface area contributed by atoms with Crippen LogP contribution in [0.5, 0.6) is 0 Å². The summed E-state index contributed by atoms with van der Waals surface area (Å²) in [6.07, 6.45) is 4.66. The molecule has 3 aliphatic heterocycles. The maximum absolute atomic E-state index is 13.4. The van der Waals surface area contributed by atoms with Crippen LogP contribution in [0.3, 0.4) is 0 Å². The lowest BCUT2D eigenvalue weighted by Crippen LogP contribution is -2.57. The highest BCUT2D eigenvalue weighted by molar-refractivity contribution is 5.87. The van der Waals surface area contributed by atoms with E-state index in [4.69, 9.17) is 5.73 Å². The van der Waals surface area contributed by atoms with Gasteiger partial charge in [-0.05, 0) is 61.6 Å². The third kappa shape index (κ3) is 3.13. The number of nitriles is 1. The van der Waals surface area contributed by atoms with Gasteiger partial charge in [0.1, 0.15) is 11.9 Å². The number of piperazine rings is 1. The molecule has 3 saturated heterocycles. The molecule has 0 spiro atoms. The van der Waals surface area contributed by atoms with Crippen LogP contribution in [-0.2, 0) is 9.59 Å². The number of halogens is 1.